The second-order valence-electron chi connectivity index (χ2n) is 6.29. The van der Waals surface area contributed by atoms with Gasteiger partial charge in [0.25, 0.3) is 0 Å². The van der Waals surface area contributed by atoms with E-state index in [4.69, 9.17) is 4.74 Å². The molecule has 5 nitrogen and oxygen atoms in total. The van der Waals surface area contributed by atoms with Gasteiger partial charge in [-0.3, -0.25) is 0 Å². The normalized spacial score (nSPS) is 10.9. The van der Waals surface area contributed by atoms with Crippen LogP contribution in [0.3, 0.4) is 0 Å². The van der Waals surface area contributed by atoms with E-state index in [-0.39, 0.29) is 5.82 Å². The van der Waals surface area contributed by atoms with Crippen LogP contribution in [-0.2, 0) is 6.54 Å². The van der Waals surface area contributed by atoms with E-state index in [1.165, 1.54) is 12.1 Å². The number of methoxy groups -OCH3 is 1. The Kier molecular flexibility index (Phi) is 4.46. The van der Waals surface area contributed by atoms with E-state index in [1.807, 2.05) is 49.4 Å². The number of anilines is 1. The van der Waals surface area contributed by atoms with Crippen LogP contribution in [0.5, 0.6) is 5.75 Å². The Balaban J connectivity index is 1.67. The number of ether oxygens (including phenoxy) is 1. The van der Waals surface area contributed by atoms with Crippen LogP contribution in [0.2, 0.25) is 0 Å². The summed E-state index contributed by atoms with van der Waals surface area (Å²) in [6.45, 7) is 2.43. The number of hydrogen-bond donors (Lipinski definition) is 1. The highest BCUT2D eigenvalue weighted by Crippen LogP contribution is 2.24. The Morgan fingerprint density at radius 1 is 1.07 bits per heavy atom. The number of nitrogens with zero attached hydrogens (tertiary/aromatic N) is 3. The van der Waals surface area contributed by atoms with Gasteiger partial charge in [-0.05, 0) is 48.9 Å². The number of aromatic nitrogens is 3. The van der Waals surface area contributed by atoms with Crippen LogP contribution in [0.1, 0.15) is 11.3 Å². The highest BCUT2D eigenvalue weighted by atomic mass is 19.1. The summed E-state index contributed by atoms with van der Waals surface area (Å²) >= 11 is 0. The maximum absolute atomic E-state index is 13.4. The van der Waals surface area contributed by atoms with Crippen molar-refractivity contribution in [1.29, 1.82) is 0 Å². The molecular weight excluding hydrogens is 343 g/mol. The van der Waals surface area contributed by atoms with Crippen molar-refractivity contribution < 1.29 is 9.13 Å². The summed E-state index contributed by atoms with van der Waals surface area (Å²) < 4.78 is 20.4. The molecule has 0 radical (unpaired) electrons. The van der Waals surface area contributed by atoms with E-state index in [2.05, 4.69) is 15.4 Å². The third kappa shape index (κ3) is 3.60. The zero-order valence-electron chi connectivity index (χ0n) is 15.1. The van der Waals surface area contributed by atoms with E-state index >= 15 is 0 Å². The third-order valence-electron chi connectivity index (χ3n) is 4.30. The second-order valence-corrected chi connectivity index (χ2v) is 6.29. The monoisotopic (exact) mass is 362 g/mol. The van der Waals surface area contributed by atoms with Crippen molar-refractivity contribution >= 4 is 11.5 Å². The molecule has 136 valence electrons. The quantitative estimate of drug-likeness (QED) is 0.569. The van der Waals surface area contributed by atoms with Gasteiger partial charge in [0.1, 0.15) is 17.4 Å². The number of benzene rings is 2. The summed E-state index contributed by atoms with van der Waals surface area (Å²) in [4.78, 5) is 4.56. The minimum atomic E-state index is -0.244. The minimum Gasteiger partial charge on any atom is -0.497 e. The average molecular weight is 362 g/mol. The van der Waals surface area contributed by atoms with Gasteiger partial charge in [0, 0.05) is 29.9 Å². The van der Waals surface area contributed by atoms with E-state index in [1.54, 1.807) is 17.7 Å². The van der Waals surface area contributed by atoms with Gasteiger partial charge in [0.2, 0.25) is 0 Å². The molecule has 2 aromatic carbocycles. The number of halogens is 1. The highest BCUT2D eigenvalue weighted by molar-refractivity contribution is 5.66. The highest BCUT2D eigenvalue weighted by Gasteiger charge is 2.10. The lowest BCUT2D eigenvalue weighted by Crippen LogP contribution is -2.07. The minimum absolute atomic E-state index is 0.244. The number of hydrogen-bond acceptors (Lipinski definition) is 4. The number of aryl methyl sites for hydroxylation is 1. The largest absolute Gasteiger partial charge is 0.497 e. The van der Waals surface area contributed by atoms with Gasteiger partial charge in [-0.1, -0.05) is 12.1 Å². The SMILES string of the molecule is COc1ccc(-c2cc3nc(C)cc(NCc4cccc(F)c4)n3n2)cc1. The molecule has 0 aliphatic carbocycles. The van der Waals surface area contributed by atoms with E-state index in [0.717, 1.165) is 39.7 Å². The van der Waals surface area contributed by atoms with Crippen molar-refractivity contribution in [3.05, 3.63) is 77.7 Å². The first-order chi connectivity index (χ1) is 13.1. The summed E-state index contributed by atoms with van der Waals surface area (Å²) in [5, 5.41) is 8.01. The van der Waals surface area contributed by atoms with Crippen LogP contribution in [0, 0.1) is 12.7 Å². The fourth-order valence-corrected chi connectivity index (χ4v) is 2.97. The lowest BCUT2D eigenvalue weighted by molar-refractivity contribution is 0.415. The molecule has 0 aliphatic rings. The van der Waals surface area contributed by atoms with E-state index < -0.39 is 0 Å². The first-order valence-electron chi connectivity index (χ1n) is 8.62. The van der Waals surface area contributed by atoms with Gasteiger partial charge < -0.3 is 10.1 Å². The van der Waals surface area contributed by atoms with Crippen molar-refractivity contribution in [3.8, 4) is 17.0 Å². The second kappa shape index (κ2) is 7.07. The molecule has 0 atom stereocenters. The maximum Gasteiger partial charge on any atom is 0.158 e. The number of fused-ring (bicyclic) bond motifs is 1. The fraction of sp³-hybridized carbons (Fsp3) is 0.143. The van der Waals surface area contributed by atoms with Crippen molar-refractivity contribution in [3.63, 3.8) is 0 Å². The lowest BCUT2D eigenvalue weighted by atomic mass is 10.1. The first kappa shape index (κ1) is 17.0. The van der Waals surface area contributed by atoms with Crippen LogP contribution < -0.4 is 10.1 Å². The van der Waals surface area contributed by atoms with Crippen LogP contribution >= 0.6 is 0 Å². The molecular formula is C21H19FN4O. The molecule has 4 aromatic rings. The Morgan fingerprint density at radius 2 is 1.89 bits per heavy atom. The van der Waals surface area contributed by atoms with Crippen molar-refractivity contribution in [1.82, 2.24) is 14.6 Å². The molecule has 0 saturated heterocycles. The summed E-state index contributed by atoms with van der Waals surface area (Å²) in [6.07, 6.45) is 0. The maximum atomic E-state index is 13.4. The van der Waals surface area contributed by atoms with Crippen molar-refractivity contribution in [2.24, 2.45) is 0 Å². The van der Waals surface area contributed by atoms with Crippen molar-refractivity contribution in [2.75, 3.05) is 12.4 Å². The van der Waals surface area contributed by atoms with Crippen LogP contribution in [0.25, 0.3) is 16.9 Å². The Morgan fingerprint density at radius 3 is 2.63 bits per heavy atom. The fourth-order valence-electron chi connectivity index (χ4n) is 2.97. The van der Waals surface area contributed by atoms with Gasteiger partial charge in [-0.2, -0.15) is 9.61 Å². The predicted molar refractivity (Wildman–Crippen MR) is 103 cm³/mol. The lowest BCUT2D eigenvalue weighted by Gasteiger charge is -2.09. The smallest absolute Gasteiger partial charge is 0.158 e. The predicted octanol–water partition coefficient (Wildman–Crippen LogP) is 4.46. The molecule has 0 bridgehead atoms. The van der Waals surface area contributed by atoms with Crippen LogP contribution in [0.4, 0.5) is 10.2 Å². The summed E-state index contributed by atoms with van der Waals surface area (Å²) in [6, 6.07) is 18.2. The molecule has 4 rings (SSSR count). The summed E-state index contributed by atoms with van der Waals surface area (Å²) in [7, 11) is 1.64. The molecule has 0 saturated carbocycles. The molecule has 0 fully saturated rings. The van der Waals surface area contributed by atoms with Gasteiger partial charge in [-0.25, -0.2) is 9.37 Å². The third-order valence-corrected chi connectivity index (χ3v) is 4.30. The van der Waals surface area contributed by atoms with Gasteiger partial charge >= 0.3 is 0 Å². The molecule has 0 amide bonds. The van der Waals surface area contributed by atoms with E-state index in [0.29, 0.717) is 6.54 Å². The standard InChI is InChI=1S/C21H19FN4O/c1-14-10-20(23-13-15-4-3-5-17(22)11-15)26-21(24-14)12-19(25-26)16-6-8-18(27-2)9-7-16/h3-12,23H,13H2,1-2H3. The van der Waals surface area contributed by atoms with Gasteiger partial charge in [0.15, 0.2) is 5.65 Å². The first-order valence-corrected chi connectivity index (χ1v) is 8.62. The molecule has 27 heavy (non-hydrogen) atoms. The molecule has 1 N–H and O–H groups in total. The Bertz CT molecular complexity index is 1090. The molecule has 0 spiro atoms. The van der Waals surface area contributed by atoms with Gasteiger partial charge in [-0.15, -0.1) is 0 Å². The van der Waals surface area contributed by atoms with Crippen LogP contribution in [-0.4, -0.2) is 21.7 Å². The molecule has 6 heteroatoms. The summed E-state index contributed by atoms with van der Waals surface area (Å²) in [5.74, 6) is 1.36. The molecule has 0 aliphatic heterocycles. The summed E-state index contributed by atoms with van der Waals surface area (Å²) in [5.41, 5.74) is 4.30. The Hall–Kier alpha value is -3.41. The van der Waals surface area contributed by atoms with Crippen LogP contribution in [0.15, 0.2) is 60.7 Å². The number of nitrogens with one attached hydrogen (secondary N) is 1. The molecule has 2 aromatic heterocycles. The zero-order chi connectivity index (χ0) is 18.8. The van der Waals surface area contributed by atoms with Gasteiger partial charge in [0.05, 0.1) is 12.8 Å². The van der Waals surface area contributed by atoms with E-state index in [9.17, 15) is 4.39 Å². The van der Waals surface area contributed by atoms with Crippen molar-refractivity contribution in [2.45, 2.75) is 13.5 Å². The average Bonchev–Trinajstić information content (AvgIpc) is 3.10. The zero-order valence-corrected chi connectivity index (χ0v) is 15.1. The Labute approximate surface area is 156 Å². The molecule has 0 unspecified atom stereocenters. The number of rotatable bonds is 5. The molecule has 2 heterocycles. The topological polar surface area (TPSA) is 51.5 Å².